The summed E-state index contributed by atoms with van der Waals surface area (Å²) in [7, 11) is -5.72. The summed E-state index contributed by atoms with van der Waals surface area (Å²) in [5.74, 6) is 0.152. The number of ether oxygens (including phenoxy) is 4. The van der Waals surface area contributed by atoms with Crippen LogP contribution in [-0.2, 0) is 39.2 Å². The number of carbonyl (C=O) groups excluding carboxylic acids is 1. The first-order chi connectivity index (χ1) is 26.3. The quantitative estimate of drug-likeness (QED) is 0.119. The number of rotatable bonds is 14. The summed E-state index contributed by atoms with van der Waals surface area (Å²) >= 11 is 0. The van der Waals surface area contributed by atoms with Gasteiger partial charge < -0.3 is 27.8 Å². The van der Waals surface area contributed by atoms with Crippen LogP contribution < -0.4 is 10.4 Å². The van der Waals surface area contributed by atoms with E-state index in [2.05, 4.69) is 127 Å². The molecule has 5 rings (SSSR count). The number of hydrogen-bond acceptors (Lipinski definition) is 7. The molecule has 0 aromatic heterocycles. The summed E-state index contributed by atoms with van der Waals surface area (Å²) in [4.78, 5) is 13.5. The second-order valence-corrected chi connectivity index (χ2v) is 28.6. The molecule has 2 aliphatic rings. The fourth-order valence-corrected chi connectivity index (χ4v) is 13.7. The molecule has 56 heavy (non-hydrogen) atoms. The third kappa shape index (κ3) is 10.7. The zero-order valence-electron chi connectivity index (χ0n) is 36.1. The topological polar surface area (TPSA) is 72.5 Å². The van der Waals surface area contributed by atoms with Gasteiger partial charge >= 0.3 is 5.97 Å². The molecule has 2 fully saturated rings. The molecule has 308 valence electrons. The van der Waals surface area contributed by atoms with E-state index in [1.165, 1.54) is 19.3 Å². The Balaban J connectivity index is 1.70. The van der Waals surface area contributed by atoms with Crippen molar-refractivity contribution in [2.45, 2.75) is 155 Å². The molecule has 0 N–H and O–H groups in total. The van der Waals surface area contributed by atoms with Gasteiger partial charge in [0.1, 0.15) is 31.0 Å². The summed E-state index contributed by atoms with van der Waals surface area (Å²) in [6.45, 7) is 24.7. The zero-order valence-corrected chi connectivity index (χ0v) is 38.1. The van der Waals surface area contributed by atoms with Gasteiger partial charge in [-0.05, 0) is 78.6 Å². The number of carbonyl (C=O) groups is 1. The fraction of sp³-hybridized carbons (Fsp3) is 0.596. The van der Waals surface area contributed by atoms with E-state index in [9.17, 15) is 4.79 Å². The van der Waals surface area contributed by atoms with Gasteiger partial charge in [0.05, 0.1) is 18.6 Å². The number of benzene rings is 3. The minimum Gasteiger partial charge on any atom is -0.462 e. The van der Waals surface area contributed by atoms with Gasteiger partial charge in [0.25, 0.3) is 8.32 Å². The van der Waals surface area contributed by atoms with Gasteiger partial charge in [0.2, 0.25) is 0 Å². The molecule has 9 heteroatoms. The summed E-state index contributed by atoms with van der Waals surface area (Å²) < 4.78 is 42.9. The van der Waals surface area contributed by atoms with Gasteiger partial charge in [-0.2, -0.15) is 0 Å². The molecule has 1 heterocycles. The maximum atomic E-state index is 13.5. The molecule has 1 saturated heterocycles. The highest BCUT2D eigenvalue weighted by molar-refractivity contribution is 6.99. The molecule has 0 radical (unpaired) electrons. The Morgan fingerprint density at radius 1 is 0.643 bits per heavy atom. The van der Waals surface area contributed by atoms with Crippen LogP contribution in [0, 0.1) is 11.3 Å². The average molecular weight is 803 g/mol. The molecule has 3 aromatic rings. The first kappa shape index (κ1) is 44.5. The molecule has 1 saturated carbocycles. The van der Waals surface area contributed by atoms with Crippen molar-refractivity contribution >= 4 is 33.0 Å². The van der Waals surface area contributed by atoms with Gasteiger partial charge in [-0.25, -0.2) is 0 Å². The van der Waals surface area contributed by atoms with Crippen LogP contribution in [0.2, 0.25) is 23.2 Å². The Kier molecular flexibility index (Phi) is 14.7. The Bertz CT molecular complexity index is 1600. The second-order valence-electron chi connectivity index (χ2n) is 19.6. The van der Waals surface area contributed by atoms with Crippen LogP contribution in [0.25, 0.3) is 0 Å². The van der Waals surface area contributed by atoms with Crippen molar-refractivity contribution in [3.63, 3.8) is 0 Å². The van der Waals surface area contributed by atoms with E-state index in [1.54, 1.807) is 0 Å². The first-order valence-electron chi connectivity index (χ1n) is 20.9. The lowest BCUT2D eigenvalue weighted by molar-refractivity contribution is -0.309. The maximum Gasteiger partial charge on any atom is 0.311 e. The van der Waals surface area contributed by atoms with Crippen LogP contribution in [0.1, 0.15) is 100.0 Å². The van der Waals surface area contributed by atoms with Crippen molar-refractivity contribution in [2.75, 3.05) is 13.2 Å². The van der Waals surface area contributed by atoms with E-state index < -0.39 is 52.8 Å². The molecule has 3 aromatic carbocycles. The molecule has 1 aliphatic heterocycles. The Labute approximate surface area is 340 Å². The smallest absolute Gasteiger partial charge is 0.311 e. The predicted molar refractivity (Wildman–Crippen MR) is 231 cm³/mol. The van der Waals surface area contributed by atoms with Gasteiger partial charge in [-0.15, -0.1) is 0 Å². The largest absolute Gasteiger partial charge is 0.462 e. The number of hydrogen-bond donors (Lipinski definition) is 0. The molecule has 5 atom stereocenters. The van der Waals surface area contributed by atoms with Crippen LogP contribution in [0.4, 0.5) is 0 Å². The molecule has 1 aliphatic carbocycles. The second kappa shape index (κ2) is 18.5. The van der Waals surface area contributed by atoms with E-state index in [0.29, 0.717) is 19.1 Å². The van der Waals surface area contributed by atoms with E-state index in [-0.39, 0.29) is 22.7 Å². The lowest BCUT2D eigenvalue weighted by Gasteiger charge is -2.54. The van der Waals surface area contributed by atoms with Crippen molar-refractivity contribution in [1.29, 1.82) is 0 Å². The summed E-state index contributed by atoms with van der Waals surface area (Å²) in [5.41, 5.74) is 0.355. The van der Waals surface area contributed by atoms with E-state index >= 15 is 0 Å². The van der Waals surface area contributed by atoms with Crippen molar-refractivity contribution in [3.8, 4) is 0 Å². The Morgan fingerprint density at radius 2 is 1.18 bits per heavy atom. The van der Waals surface area contributed by atoms with Crippen LogP contribution in [0.5, 0.6) is 0 Å². The van der Waals surface area contributed by atoms with Gasteiger partial charge in [-0.1, -0.05) is 152 Å². The normalized spacial score (nSPS) is 23.2. The lowest BCUT2D eigenvalue weighted by atomic mass is 9.90. The van der Waals surface area contributed by atoms with Crippen LogP contribution >= 0.6 is 0 Å². The van der Waals surface area contributed by atoms with Crippen LogP contribution in [0.15, 0.2) is 91.0 Å². The summed E-state index contributed by atoms with van der Waals surface area (Å²) in [6.07, 6.45) is 2.57. The third-order valence-corrected chi connectivity index (χ3v) is 21.6. The third-order valence-electron chi connectivity index (χ3n) is 12.1. The standard InChI is InChI=1S/C47H70O7Si2/c1-45(2,3)44(48)51-34-39-40(54-56(47(7,8)9,37-28-20-14-21-29-37)38-30-22-15-23-31-38)41(53-55(10,11)46(4,5)6)42(49-32-35-24-16-12-17-25-35)43(52-39)50-33-36-26-18-13-19-27-36/h12,14-17,20-25,28-31,36,39-43H,13,18-19,26-27,32-34H2,1-11H3/t39-,40-,41+,42+,43-/m1/s1. The fourth-order valence-electron chi connectivity index (χ4n) is 7.74. The molecule has 7 nitrogen and oxygen atoms in total. The maximum absolute atomic E-state index is 13.5. The highest BCUT2D eigenvalue weighted by Gasteiger charge is 2.59. The number of esters is 1. The van der Waals surface area contributed by atoms with Crippen molar-refractivity contribution in [3.05, 3.63) is 96.6 Å². The van der Waals surface area contributed by atoms with Crippen molar-refractivity contribution in [2.24, 2.45) is 11.3 Å². The van der Waals surface area contributed by atoms with Gasteiger partial charge in [0.15, 0.2) is 14.6 Å². The van der Waals surface area contributed by atoms with E-state index in [1.807, 2.05) is 39.0 Å². The van der Waals surface area contributed by atoms with Crippen LogP contribution in [0.3, 0.4) is 0 Å². The highest BCUT2D eigenvalue weighted by atomic mass is 28.4. The average Bonchev–Trinajstić information content (AvgIpc) is 3.15. The van der Waals surface area contributed by atoms with Crippen LogP contribution in [-0.4, -0.2) is 66.5 Å². The first-order valence-corrected chi connectivity index (χ1v) is 25.7. The molecule has 0 spiro atoms. The highest BCUT2D eigenvalue weighted by Crippen LogP contribution is 2.44. The molecule has 0 bridgehead atoms. The molecular weight excluding hydrogens is 733 g/mol. The summed E-state index contributed by atoms with van der Waals surface area (Å²) in [6, 6.07) is 31.5. The van der Waals surface area contributed by atoms with Gasteiger partial charge in [0, 0.05) is 0 Å². The summed E-state index contributed by atoms with van der Waals surface area (Å²) in [5, 5.41) is 1.84. The minimum absolute atomic E-state index is 0.00890. The predicted octanol–water partition coefficient (Wildman–Crippen LogP) is 9.82. The molecule has 0 amide bonds. The van der Waals surface area contributed by atoms with Gasteiger partial charge in [-0.3, -0.25) is 4.79 Å². The lowest BCUT2D eigenvalue weighted by Crippen LogP contribution is -2.73. The van der Waals surface area contributed by atoms with Crippen molar-refractivity contribution in [1.82, 2.24) is 0 Å². The van der Waals surface area contributed by atoms with E-state index in [4.69, 9.17) is 27.8 Å². The SMILES string of the molecule is CC(C)(C)C(=O)OC[C@H]1O[C@@H](OCC2CCCCC2)[C@@H](OCc2ccccc2)[C@@H](O[Si](C)(C)C(C)(C)C)[C@@H]1O[Si](c1ccccc1)(c1ccccc1)C(C)(C)C. The van der Waals surface area contributed by atoms with E-state index in [0.717, 1.165) is 28.8 Å². The Hall–Kier alpha value is -2.64. The molecular formula is C47H70O7Si2. The Morgan fingerprint density at radius 3 is 1.68 bits per heavy atom. The molecule has 0 unspecified atom stereocenters. The minimum atomic E-state index is -3.20. The zero-order chi connectivity index (χ0) is 40.8. The van der Waals surface area contributed by atoms with Crippen molar-refractivity contribution < 1.29 is 32.6 Å². The monoisotopic (exact) mass is 802 g/mol.